The van der Waals surface area contributed by atoms with Crippen molar-refractivity contribution in [3.8, 4) is 11.1 Å². The van der Waals surface area contributed by atoms with E-state index in [1.807, 2.05) is 0 Å². The molecule has 5 rings (SSSR count). The van der Waals surface area contributed by atoms with Crippen molar-refractivity contribution < 1.29 is 22.4 Å². The van der Waals surface area contributed by atoms with Crippen LogP contribution in [0.25, 0.3) is 32.2 Å². The highest BCUT2D eigenvalue weighted by Gasteiger charge is 2.39. The van der Waals surface area contributed by atoms with E-state index in [2.05, 4.69) is 20.6 Å². The summed E-state index contributed by atoms with van der Waals surface area (Å²) in [6.45, 7) is 2.58. The van der Waals surface area contributed by atoms with E-state index in [1.54, 1.807) is 24.3 Å². The van der Waals surface area contributed by atoms with E-state index in [9.17, 15) is 22.8 Å². The zero-order valence-corrected chi connectivity index (χ0v) is 22.2. The highest BCUT2D eigenvalue weighted by Crippen LogP contribution is 2.36. The molecule has 0 spiro atoms. The van der Waals surface area contributed by atoms with Crippen LogP contribution < -0.4 is 16.2 Å². The maximum Gasteiger partial charge on any atom is 0.248 e. The Morgan fingerprint density at radius 1 is 1.16 bits per heavy atom. The quantitative estimate of drug-likeness (QED) is 0.305. The molecule has 2 aromatic carbocycles. The Morgan fingerprint density at radius 2 is 1.92 bits per heavy atom. The molecule has 2 heterocycles. The van der Waals surface area contributed by atoms with Gasteiger partial charge in [-0.15, -0.1) is 11.3 Å². The molecule has 0 radical (unpaired) electrons. The van der Waals surface area contributed by atoms with Gasteiger partial charge in [0.1, 0.15) is 10.8 Å². The number of nitrogens with one attached hydrogen (secondary N) is 3. The number of halogens is 1. The number of carbonyl (C=O) groups is 2. The predicted molar refractivity (Wildman–Crippen MR) is 144 cm³/mol. The molecule has 0 bridgehead atoms. The highest BCUT2D eigenvalue weighted by atomic mass is 32.2. The zero-order valence-electron chi connectivity index (χ0n) is 20.6. The summed E-state index contributed by atoms with van der Waals surface area (Å²) in [5.41, 5.74) is 1.49. The van der Waals surface area contributed by atoms with E-state index in [0.717, 1.165) is 24.2 Å². The molecule has 1 unspecified atom stereocenters. The summed E-state index contributed by atoms with van der Waals surface area (Å²) in [6.07, 6.45) is 1.76. The Morgan fingerprint density at radius 3 is 2.63 bits per heavy atom. The first-order valence-corrected chi connectivity index (χ1v) is 14.5. The first-order valence-electron chi connectivity index (χ1n) is 12.1. The molecule has 1 fully saturated rings. The molecule has 1 aliphatic rings. The third-order valence-electron chi connectivity index (χ3n) is 6.34. The number of aromatic nitrogens is 2. The van der Waals surface area contributed by atoms with Crippen LogP contribution in [-0.4, -0.2) is 48.0 Å². The van der Waals surface area contributed by atoms with Gasteiger partial charge in [0.05, 0.1) is 22.0 Å². The van der Waals surface area contributed by atoms with Crippen LogP contribution in [0.4, 0.5) is 4.39 Å². The molecule has 3 N–H and O–H groups in total. The molecule has 2 amide bonds. The summed E-state index contributed by atoms with van der Waals surface area (Å²) in [4.78, 5) is 43.8. The molecule has 1 atom stereocenters. The van der Waals surface area contributed by atoms with Crippen LogP contribution >= 0.6 is 11.3 Å². The van der Waals surface area contributed by atoms with E-state index in [-0.39, 0.29) is 28.7 Å². The average Bonchev–Trinajstić information content (AvgIpc) is 3.58. The molecule has 1 saturated carbocycles. The Labute approximate surface area is 221 Å². The normalized spacial score (nSPS) is 14.6. The number of amides is 2. The molecule has 0 aliphatic heterocycles. The summed E-state index contributed by atoms with van der Waals surface area (Å²) in [5, 5.41) is 3.35. The number of aromatic amines is 1. The molecule has 198 valence electrons. The Hall–Kier alpha value is -3.64. The number of pyridine rings is 1. The minimum absolute atomic E-state index is 0.00133. The lowest BCUT2D eigenvalue weighted by atomic mass is 10.0. The van der Waals surface area contributed by atoms with Crippen molar-refractivity contribution in [2.75, 3.05) is 6.54 Å². The van der Waals surface area contributed by atoms with Crippen molar-refractivity contribution in [2.45, 2.75) is 43.2 Å². The second-order valence-electron chi connectivity index (χ2n) is 9.55. The number of nitrogens with zero attached hydrogens (tertiary/aromatic N) is 1. The molecule has 2 aromatic heterocycles. The first-order chi connectivity index (χ1) is 18.0. The summed E-state index contributed by atoms with van der Waals surface area (Å²) in [7, 11) is -4.02. The SMILES string of the molecule is CC(C)S(=O)(=O)C(C(=O)NCC(=O)NC1CC1)c1nc2cc(-c3ccc4[nH]c(=O)ccc4c3)c(F)cc2s1. The number of benzene rings is 2. The predicted octanol–water partition coefficient (Wildman–Crippen LogP) is 3.20. The number of carbonyl (C=O) groups excluding carboxylic acids is 2. The Bertz CT molecular complexity index is 1740. The van der Waals surface area contributed by atoms with Gasteiger partial charge in [0.2, 0.25) is 17.4 Å². The van der Waals surface area contributed by atoms with Crippen LogP contribution in [0, 0.1) is 5.82 Å². The van der Waals surface area contributed by atoms with E-state index < -0.39 is 38.0 Å². The minimum Gasteiger partial charge on any atom is -0.352 e. The average molecular weight is 557 g/mol. The van der Waals surface area contributed by atoms with Gasteiger partial charge in [-0.3, -0.25) is 14.4 Å². The van der Waals surface area contributed by atoms with Gasteiger partial charge >= 0.3 is 0 Å². The Balaban J connectivity index is 1.50. The molecular weight excluding hydrogens is 531 g/mol. The molecule has 9 nitrogen and oxygen atoms in total. The van der Waals surface area contributed by atoms with Gasteiger partial charge in [0.25, 0.3) is 0 Å². The van der Waals surface area contributed by atoms with Crippen LogP contribution in [0.15, 0.2) is 47.3 Å². The van der Waals surface area contributed by atoms with Crippen molar-refractivity contribution in [1.29, 1.82) is 0 Å². The standard InChI is InChI=1S/C26H25FN4O5S2/c1-13(2)38(35,36)24(25(34)28-12-23(33)29-16-5-6-16)26-31-20-10-17(18(27)11-21(20)37-26)14-3-7-19-15(9-14)4-8-22(32)30-19/h3-4,7-11,13,16,24H,5-6,12H2,1-2H3,(H,28,34)(H,29,33)(H,30,32). The van der Waals surface area contributed by atoms with Crippen molar-refractivity contribution in [2.24, 2.45) is 0 Å². The summed E-state index contributed by atoms with van der Waals surface area (Å²) >= 11 is 0.924. The van der Waals surface area contributed by atoms with Crippen molar-refractivity contribution >= 4 is 54.1 Å². The van der Waals surface area contributed by atoms with Crippen LogP contribution in [0.3, 0.4) is 0 Å². The monoisotopic (exact) mass is 556 g/mol. The number of thiazole rings is 1. The highest BCUT2D eigenvalue weighted by molar-refractivity contribution is 7.93. The third kappa shape index (κ3) is 5.18. The number of hydrogen-bond donors (Lipinski definition) is 3. The number of rotatable bonds is 8. The van der Waals surface area contributed by atoms with Crippen molar-refractivity contribution in [1.82, 2.24) is 20.6 Å². The molecule has 4 aromatic rings. The fourth-order valence-corrected chi connectivity index (χ4v) is 6.82. The van der Waals surface area contributed by atoms with Gasteiger partial charge in [-0.1, -0.05) is 6.07 Å². The molecule has 38 heavy (non-hydrogen) atoms. The third-order valence-corrected chi connectivity index (χ3v) is 9.98. The van der Waals surface area contributed by atoms with Gasteiger partial charge in [-0.05, 0) is 68.0 Å². The van der Waals surface area contributed by atoms with Gasteiger partial charge in [-0.2, -0.15) is 0 Å². The van der Waals surface area contributed by atoms with E-state index in [1.165, 1.54) is 32.0 Å². The summed E-state index contributed by atoms with van der Waals surface area (Å²) < 4.78 is 42.0. The zero-order chi connectivity index (χ0) is 27.2. The molecular formula is C26H25FN4O5S2. The Kier molecular flexibility index (Phi) is 6.78. The molecule has 1 aliphatic carbocycles. The van der Waals surface area contributed by atoms with E-state index >= 15 is 4.39 Å². The van der Waals surface area contributed by atoms with Crippen LogP contribution in [0.1, 0.15) is 36.9 Å². The number of sulfone groups is 1. The largest absolute Gasteiger partial charge is 0.352 e. The maximum absolute atomic E-state index is 15.2. The lowest BCUT2D eigenvalue weighted by Gasteiger charge is -2.17. The van der Waals surface area contributed by atoms with Crippen LogP contribution in [-0.2, 0) is 19.4 Å². The van der Waals surface area contributed by atoms with Gasteiger partial charge < -0.3 is 15.6 Å². The number of hydrogen-bond acceptors (Lipinski definition) is 7. The lowest BCUT2D eigenvalue weighted by molar-refractivity contribution is -0.126. The number of H-pyrrole nitrogens is 1. The second kappa shape index (κ2) is 9.91. The van der Waals surface area contributed by atoms with Crippen LogP contribution in [0.2, 0.25) is 0 Å². The lowest BCUT2D eigenvalue weighted by Crippen LogP contribution is -2.42. The van der Waals surface area contributed by atoms with Gasteiger partial charge in [0.15, 0.2) is 15.1 Å². The molecule has 0 saturated heterocycles. The maximum atomic E-state index is 15.2. The van der Waals surface area contributed by atoms with Crippen molar-refractivity contribution in [3.05, 3.63) is 63.6 Å². The van der Waals surface area contributed by atoms with Crippen LogP contribution in [0.5, 0.6) is 0 Å². The first kappa shape index (κ1) is 26.0. The topological polar surface area (TPSA) is 138 Å². The fourth-order valence-electron chi connectivity index (χ4n) is 4.06. The van der Waals surface area contributed by atoms with Gasteiger partial charge in [0, 0.05) is 23.2 Å². The summed E-state index contributed by atoms with van der Waals surface area (Å²) in [5.74, 6) is -1.79. The number of fused-ring (bicyclic) bond motifs is 2. The second-order valence-corrected chi connectivity index (χ2v) is 13.2. The minimum atomic E-state index is -4.02. The molecule has 12 heteroatoms. The summed E-state index contributed by atoms with van der Waals surface area (Å²) in [6, 6.07) is 11.0. The fraction of sp³-hybridized carbons (Fsp3) is 0.308. The van der Waals surface area contributed by atoms with Crippen molar-refractivity contribution in [3.63, 3.8) is 0 Å². The van der Waals surface area contributed by atoms with E-state index in [4.69, 9.17) is 0 Å². The smallest absolute Gasteiger partial charge is 0.248 e. The van der Waals surface area contributed by atoms with Gasteiger partial charge in [-0.25, -0.2) is 17.8 Å². The van der Waals surface area contributed by atoms with E-state index in [0.29, 0.717) is 26.7 Å².